The summed E-state index contributed by atoms with van der Waals surface area (Å²) in [5.41, 5.74) is 9.88. The fourth-order valence-electron chi connectivity index (χ4n) is 0.937. The average molecular weight is 256 g/mol. The van der Waals surface area contributed by atoms with Gasteiger partial charge in [-0.05, 0) is 0 Å². The fourth-order valence-corrected chi connectivity index (χ4v) is 1.43. The molecule has 0 saturated carbocycles. The second kappa shape index (κ2) is 5.75. The van der Waals surface area contributed by atoms with Gasteiger partial charge in [0.1, 0.15) is 6.04 Å². The van der Waals surface area contributed by atoms with Gasteiger partial charge in [0.15, 0.2) is 0 Å². The van der Waals surface area contributed by atoms with E-state index < -0.39 is 47.3 Å². The van der Waals surface area contributed by atoms with E-state index in [1.165, 1.54) is 0 Å². The SMILES string of the molecule is NC(=O)C[C@H](C[C@H](N)C(=O)O)OS(=O)(=O)O. The molecule has 0 aliphatic heterocycles. The summed E-state index contributed by atoms with van der Waals surface area (Å²) in [6.45, 7) is 0. The second-order valence-corrected chi connectivity index (χ2v) is 4.04. The maximum atomic E-state index is 10.5. The topological polar surface area (TPSA) is 170 Å². The number of carbonyl (C=O) groups is 2. The number of aliphatic carboxylic acids is 1. The van der Waals surface area contributed by atoms with E-state index >= 15 is 0 Å². The summed E-state index contributed by atoms with van der Waals surface area (Å²) in [7, 11) is -4.80. The molecular formula is C6H12N2O7S. The summed E-state index contributed by atoms with van der Waals surface area (Å²) in [5, 5.41) is 8.45. The first-order valence-electron chi connectivity index (χ1n) is 4.04. The van der Waals surface area contributed by atoms with Gasteiger partial charge in [0.2, 0.25) is 5.91 Å². The van der Waals surface area contributed by atoms with Crippen molar-refractivity contribution in [3.63, 3.8) is 0 Å². The zero-order valence-electron chi connectivity index (χ0n) is 8.07. The van der Waals surface area contributed by atoms with Crippen molar-refractivity contribution in [3.8, 4) is 0 Å². The van der Waals surface area contributed by atoms with E-state index in [1.54, 1.807) is 0 Å². The van der Waals surface area contributed by atoms with Gasteiger partial charge >= 0.3 is 16.4 Å². The van der Waals surface area contributed by atoms with Gasteiger partial charge in [-0.25, -0.2) is 4.18 Å². The highest BCUT2D eigenvalue weighted by molar-refractivity contribution is 7.80. The lowest BCUT2D eigenvalue weighted by molar-refractivity contribution is -0.139. The van der Waals surface area contributed by atoms with Crippen LogP contribution < -0.4 is 11.5 Å². The molecule has 0 aromatic carbocycles. The molecule has 0 spiro atoms. The minimum absolute atomic E-state index is 0.474. The smallest absolute Gasteiger partial charge is 0.397 e. The number of rotatable bonds is 7. The lowest BCUT2D eigenvalue weighted by Gasteiger charge is -2.15. The summed E-state index contributed by atoms with van der Waals surface area (Å²) in [4.78, 5) is 20.9. The molecule has 0 bridgehead atoms. The Balaban J connectivity index is 4.55. The van der Waals surface area contributed by atoms with Crippen molar-refractivity contribution in [2.24, 2.45) is 11.5 Å². The van der Waals surface area contributed by atoms with Crippen LogP contribution in [0.1, 0.15) is 12.8 Å². The number of amides is 1. The molecule has 16 heavy (non-hydrogen) atoms. The first kappa shape index (κ1) is 14.8. The molecule has 0 heterocycles. The normalized spacial score (nSPS) is 15.4. The van der Waals surface area contributed by atoms with Crippen LogP contribution in [0.3, 0.4) is 0 Å². The Labute approximate surface area is 91.3 Å². The number of primary amides is 1. The predicted molar refractivity (Wildman–Crippen MR) is 50.5 cm³/mol. The molecule has 10 heteroatoms. The first-order chi connectivity index (χ1) is 7.11. The number of carboxylic acids is 1. The van der Waals surface area contributed by atoms with Gasteiger partial charge in [0, 0.05) is 6.42 Å². The van der Waals surface area contributed by atoms with Crippen LogP contribution in [0.4, 0.5) is 0 Å². The van der Waals surface area contributed by atoms with E-state index in [-0.39, 0.29) is 0 Å². The molecule has 0 aliphatic rings. The van der Waals surface area contributed by atoms with Gasteiger partial charge in [0.25, 0.3) is 0 Å². The highest BCUT2D eigenvalue weighted by Crippen LogP contribution is 2.09. The summed E-state index contributed by atoms with van der Waals surface area (Å²) in [6.07, 6.45) is -2.45. The zero-order chi connectivity index (χ0) is 12.9. The van der Waals surface area contributed by atoms with Crippen molar-refractivity contribution in [2.45, 2.75) is 25.0 Å². The third-order valence-electron chi connectivity index (χ3n) is 1.52. The predicted octanol–water partition coefficient (Wildman–Crippen LogP) is -2.15. The van der Waals surface area contributed by atoms with Crippen LogP contribution in [0, 0.1) is 0 Å². The minimum atomic E-state index is -4.80. The maximum Gasteiger partial charge on any atom is 0.397 e. The van der Waals surface area contributed by atoms with E-state index in [4.69, 9.17) is 21.1 Å². The molecule has 6 N–H and O–H groups in total. The van der Waals surface area contributed by atoms with Gasteiger partial charge < -0.3 is 16.6 Å². The number of nitrogens with two attached hydrogens (primary N) is 2. The van der Waals surface area contributed by atoms with Crippen molar-refractivity contribution in [1.29, 1.82) is 0 Å². The van der Waals surface area contributed by atoms with Crippen LogP contribution in [-0.2, 0) is 24.2 Å². The number of carbonyl (C=O) groups excluding carboxylic acids is 1. The Morgan fingerprint density at radius 1 is 1.38 bits per heavy atom. The highest BCUT2D eigenvalue weighted by Gasteiger charge is 2.25. The minimum Gasteiger partial charge on any atom is -0.480 e. The van der Waals surface area contributed by atoms with Crippen molar-refractivity contribution in [1.82, 2.24) is 0 Å². The van der Waals surface area contributed by atoms with Crippen LogP contribution >= 0.6 is 0 Å². The fraction of sp³-hybridized carbons (Fsp3) is 0.667. The number of carboxylic acid groups (broad SMARTS) is 1. The summed E-state index contributed by atoms with van der Waals surface area (Å²) in [6, 6.07) is -1.42. The third-order valence-corrected chi connectivity index (χ3v) is 2.04. The lowest BCUT2D eigenvalue weighted by atomic mass is 10.1. The molecule has 9 nitrogen and oxygen atoms in total. The van der Waals surface area contributed by atoms with Crippen LogP contribution in [0.15, 0.2) is 0 Å². The quantitative estimate of drug-likeness (QED) is 0.373. The molecule has 0 saturated heterocycles. The number of hydrogen-bond acceptors (Lipinski definition) is 6. The lowest BCUT2D eigenvalue weighted by Crippen LogP contribution is -2.37. The van der Waals surface area contributed by atoms with Crippen molar-refractivity contribution in [3.05, 3.63) is 0 Å². The van der Waals surface area contributed by atoms with E-state index in [0.29, 0.717) is 0 Å². The molecular weight excluding hydrogens is 244 g/mol. The van der Waals surface area contributed by atoms with Gasteiger partial charge in [0.05, 0.1) is 12.5 Å². The van der Waals surface area contributed by atoms with Crippen molar-refractivity contribution < 1.29 is 31.8 Å². The van der Waals surface area contributed by atoms with E-state index in [1.807, 2.05) is 0 Å². The van der Waals surface area contributed by atoms with Crippen molar-refractivity contribution >= 4 is 22.3 Å². The Hall–Kier alpha value is -1.23. The van der Waals surface area contributed by atoms with E-state index in [0.717, 1.165) is 0 Å². The molecule has 0 aromatic heterocycles. The van der Waals surface area contributed by atoms with Crippen LogP contribution in [-0.4, -0.2) is 42.1 Å². The molecule has 0 aromatic rings. The zero-order valence-corrected chi connectivity index (χ0v) is 8.88. The second-order valence-electron chi connectivity index (χ2n) is 3.00. The Morgan fingerprint density at radius 2 is 1.88 bits per heavy atom. The monoisotopic (exact) mass is 256 g/mol. The summed E-state index contributed by atoms with van der Waals surface area (Å²) in [5.74, 6) is -2.31. The van der Waals surface area contributed by atoms with Gasteiger partial charge in [-0.2, -0.15) is 8.42 Å². The standard InChI is InChI=1S/C6H12N2O7S/c7-4(6(10)11)1-3(2-5(8)9)15-16(12,13)14/h3-4H,1-2,7H2,(H2,8,9)(H,10,11)(H,12,13,14)/t3-,4-/m0/s1. The van der Waals surface area contributed by atoms with Crippen LogP contribution in [0.5, 0.6) is 0 Å². The van der Waals surface area contributed by atoms with E-state index in [9.17, 15) is 18.0 Å². The molecule has 0 rings (SSSR count). The third kappa shape index (κ3) is 7.11. The molecule has 1 amide bonds. The Kier molecular flexibility index (Phi) is 5.30. The summed E-state index contributed by atoms with van der Waals surface area (Å²) >= 11 is 0. The molecule has 0 aliphatic carbocycles. The van der Waals surface area contributed by atoms with Crippen molar-refractivity contribution in [2.75, 3.05) is 0 Å². The molecule has 0 fully saturated rings. The molecule has 0 unspecified atom stereocenters. The van der Waals surface area contributed by atoms with Crippen LogP contribution in [0.25, 0.3) is 0 Å². The maximum absolute atomic E-state index is 10.5. The molecule has 2 atom stereocenters. The Bertz CT molecular complexity index is 365. The average Bonchev–Trinajstić information content (AvgIpc) is 1.98. The van der Waals surface area contributed by atoms with Gasteiger partial charge in [-0.1, -0.05) is 0 Å². The molecule has 94 valence electrons. The first-order valence-corrected chi connectivity index (χ1v) is 5.40. The van der Waals surface area contributed by atoms with Gasteiger partial charge in [-0.3, -0.25) is 14.1 Å². The summed E-state index contributed by atoms with van der Waals surface area (Å²) < 4.78 is 33.2. The Morgan fingerprint density at radius 3 is 2.19 bits per heavy atom. The van der Waals surface area contributed by atoms with Crippen LogP contribution in [0.2, 0.25) is 0 Å². The highest BCUT2D eigenvalue weighted by atomic mass is 32.3. The largest absolute Gasteiger partial charge is 0.480 e. The molecule has 0 radical (unpaired) electrons. The van der Waals surface area contributed by atoms with Gasteiger partial charge in [-0.15, -0.1) is 0 Å². The number of hydrogen-bond donors (Lipinski definition) is 4. The van der Waals surface area contributed by atoms with E-state index in [2.05, 4.69) is 4.18 Å².